The molecule has 1 aromatic heterocycles. The lowest BCUT2D eigenvalue weighted by Crippen LogP contribution is -2.17. The molecule has 2 aromatic rings. The van der Waals surface area contributed by atoms with E-state index in [1.807, 2.05) is 0 Å². The van der Waals surface area contributed by atoms with Crippen molar-refractivity contribution in [2.45, 2.75) is 19.9 Å². The predicted octanol–water partition coefficient (Wildman–Crippen LogP) is 4.09. The highest BCUT2D eigenvalue weighted by Gasteiger charge is 2.03. The fourth-order valence-electron chi connectivity index (χ4n) is 1.82. The minimum Gasteiger partial charge on any atom is -0.310 e. The Morgan fingerprint density at radius 1 is 1.12 bits per heavy atom. The normalized spacial score (nSPS) is 12.6. The summed E-state index contributed by atoms with van der Waals surface area (Å²) in [7, 11) is 0. The van der Waals surface area contributed by atoms with Crippen molar-refractivity contribution in [2.75, 3.05) is 6.54 Å². The summed E-state index contributed by atoms with van der Waals surface area (Å²) >= 11 is 1.74. The standard InChI is InChI=1S/C14H17NS/c1-3-15-11(2)12-4-6-13(7-5-12)14-8-9-16-10-14/h4-11,15H,3H2,1-2H3. The third-order valence-electron chi connectivity index (χ3n) is 2.78. The molecule has 0 bridgehead atoms. The molecule has 84 valence electrons. The molecular weight excluding hydrogens is 214 g/mol. The Morgan fingerprint density at radius 3 is 2.44 bits per heavy atom. The van der Waals surface area contributed by atoms with E-state index >= 15 is 0 Å². The maximum Gasteiger partial charge on any atom is 0.0291 e. The molecule has 0 spiro atoms. The number of rotatable bonds is 4. The van der Waals surface area contributed by atoms with Crippen LogP contribution >= 0.6 is 11.3 Å². The van der Waals surface area contributed by atoms with Crippen molar-refractivity contribution in [3.63, 3.8) is 0 Å². The molecule has 0 saturated heterocycles. The summed E-state index contributed by atoms with van der Waals surface area (Å²) in [6.07, 6.45) is 0. The second-order valence-electron chi connectivity index (χ2n) is 3.91. The quantitative estimate of drug-likeness (QED) is 0.836. The maximum absolute atomic E-state index is 3.42. The zero-order valence-electron chi connectivity index (χ0n) is 9.73. The third kappa shape index (κ3) is 2.52. The Balaban J connectivity index is 2.16. The summed E-state index contributed by atoms with van der Waals surface area (Å²) in [5.41, 5.74) is 3.96. The average Bonchev–Trinajstić information content (AvgIpc) is 2.83. The maximum atomic E-state index is 3.42. The lowest BCUT2D eigenvalue weighted by atomic mass is 10.0. The number of hydrogen-bond acceptors (Lipinski definition) is 2. The van der Waals surface area contributed by atoms with Gasteiger partial charge in [-0.05, 0) is 47.0 Å². The molecule has 1 atom stereocenters. The number of nitrogens with one attached hydrogen (secondary N) is 1. The number of thiophene rings is 1. The molecule has 0 amide bonds. The van der Waals surface area contributed by atoms with E-state index in [0.717, 1.165) is 6.54 Å². The van der Waals surface area contributed by atoms with E-state index in [9.17, 15) is 0 Å². The molecule has 1 nitrogen and oxygen atoms in total. The SMILES string of the molecule is CCNC(C)c1ccc(-c2ccsc2)cc1. The zero-order chi connectivity index (χ0) is 11.4. The molecule has 0 saturated carbocycles. The molecule has 1 unspecified atom stereocenters. The highest BCUT2D eigenvalue weighted by molar-refractivity contribution is 7.08. The molecule has 0 aliphatic rings. The zero-order valence-corrected chi connectivity index (χ0v) is 10.6. The van der Waals surface area contributed by atoms with Crippen LogP contribution in [0, 0.1) is 0 Å². The molecule has 2 heteroatoms. The van der Waals surface area contributed by atoms with Crippen LogP contribution in [0.15, 0.2) is 41.1 Å². The van der Waals surface area contributed by atoms with Gasteiger partial charge in [-0.1, -0.05) is 31.2 Å². The fraction of sp³-hybridized carbons (Fsp3) is 0.286. The highest BCUT2D eigenvalue weighted by Crippen LogP contribution is 2.23. The van der Waals surface area contributed by atoms with Crippen molar-refractivity contribution >= 4 is 11.3 Å². The van der Waals surface area contributed by atoms with Gasteiger partial charge in [0.2, 0.25) is 0 Å². The van der Waals surface area contributed by atoms with Gasteiger partial charge in [0.1, 0.15) is 0 Å². The molecule has 0 aliphatic carbocycles. The first kappa shape index (κ1) is 11.4. The van der Waals surface area contributed by atoms with Crippen LogP contribution in [0.5, 0.6) is 0 Å². The molecular formula is C14H17NS. The van der Waals surface area contributed by atoms with E-state index in [1.165, 1.54) is 16.7 Å². The fourth-order valence-corrected chi connectivity index (χ4v) is 2.48. The van der Waals surface area contributed by atoms with Crippen LogP contribution in [-0.4, -0.2) is 6.54 Å². The van der Waals surface area contributed by atoms with E-state index in [2.05, 4.69) is 60.3 Å². The molecule has 16 heavy (non-hydrogen) atoms. The Hall–Kier alpha value is -1.12. The van der Waals surface area contributed by atoms with Gasteiger partial charge in [-0.15, -0.1) is 0 Å². The Kier molecular flexibility index (Phi) is 3.75. The van der Waals surface area contributed by atoms with E-state index in [1.54, 1.807) is 11.3 Å². The average molecular weight is 231 g/mol. The van der Waals surface area contributed by atoms with Crippen molar-refractivity contribution in [3.05, 3.63) is 46.7 Å². The lowest BCUT2D eigenvalue weighted by Gasteiger charge is -2.12. The van der Waals surface area contributed by atoms with Crippen LogP contribution in [-0.2, 0) is 0 Å². The van der Waals surface area contributed by atoms with E-state index < -0.39 is 0 Å². The Labute approximate surface area is 101 Å². The van der Waals surface area contributed by atoms with E-state index in [0.29, 0.717) is 6.04 Å². The molecule has 0 aliphatic heterocycles. The second kappa shape index (κ2) is 5.28. The smallest absolute Gasteiger partial charge is 0.0291 e. The van der Waals surface area contributed by atoms with Gasteiger partial charge >= 0.3 is 0 Å². The first-order valence-corrected chi connectivity index (χ1v) is 6.61. The predicted molar refractivity (Wildman–Crippen MR) is 71.8 cm³/mol. The first-order valence-electron chi connectivity index (χ1n) is 5.67. The summed E-state index contributed by atoms with van der Waals surface area (Å²) in [6, 6.07) is 11.4. The largest absolute Gasteiger partial charge is 0.310 e. The van der Waals surface area contributed by atoms with Crippen molar-refractivity contribution in [2.24, 2.45) is 0 Å². The van der Waals surface area contributed by atoms with Crippen molar-refractivity contribution in [1.82, 2.24) is 5.32 Å². The van der Waals surface area contributed by atoms with Gasteiger partial charge in [-0.2, -0.15) is 11.3 Å². The first-order chi connectivity index (χ1) is 7.81. The van der Waals surface area contributed by atoms with Crippen molar-refractivity contribution < 1.29 is 0 Å². The Morgan fingerprint density at radius 2 is 1.88 bits per heavy atom. The van der Waals surface area contributed by atoms with Crippen LogP contribution in [0.25, 0.3) is 11.1 Å². The van der Waals surface area contributed by atoms with Crippen molar-refractivity contribution in [1.29, 1.82) is 0 Å². The van der Waals surface area contributed by atoms with Gasteiger partial charge in [-0.25, -0.2) is 0 Å². The van der Waals surface area contributed by atoms with Crippen molar-refractivity contribution in [3.8, 4) is 11.1 Å². The van der Waals surface area contributed by atoms with Crippen LogP contribution < -0.4 is 5.32 Å². The third-order valence-corrected chi connectivity index (χ3v) is 3.46. The minimum absolute atomic E-state index is 0.432. The summed E-state index contributed by atoms with van der Waals surface area (Å²) in [5, 5.41) is 7.72. The molecule has 0 fully saturated rings. The lowest BCUT2D eigenvalue weighted by molar-refractivity contribution is 0.598. The van der Waals surface area contributed by atoms with Gasteiger partial charge in [0.05, 0.1) is 0 Å². The molecule has 1 heterocycles. The van der Waals surface area contributed by atoms with Crippen LogP contribution in [0.2, 0.25) is 0 Å². The number of benzene rings is 1. The molecule has 1 N–H and O–H groups in total. The minimum atomic E-state index is 0.432. The number of hydrogen-bond donors (Lipinski definition) is 1. The van der Waals surface area contributed by atoms with Gasteiger partial charge in [-0.3, -0.25) is 0 Å². The summed E-state index contributed by atoms with van der Waals surface area (Å²) in [4.78, 5) is 0. The van der Waals surface area contributed by atoms with Crippen LogP contribution in [0.1, 0.15) is 25.5 Å². The van der Waals surface area contributed by atoms with Gasteiger partial charge in [0, 0.05) is 6.04 Å². The monoisotopic (exact) mass is 231 g/mol. The topological polar surface area (TPSA) is 12.0 Å². The highest BCUT2D eigenvalue weighted by atomic mass is 32.1. The molecule has 2 rings (SSSR count). The van der Waals surface area contributed by atoms with Gasteiger partial charge in [0.15, 0.2) is 0 Å². The van der Waals surface area contributed by atoms with Crippen LogP contribution in [0.3, 0.4) is 0 Å². The molecule has 0 radical (unpaired) electrons. The van der Waals surface area contributed by atoms with Gasteiger partial charge in [0.25, 0.3) is 0 Å². The van der Waals surface area contributed by atoms with Crippen LogP contribution in [0.4, 0.5) is 0 Å². The second-order valence-corrected chi connectivity index (χ2v) is 4.69. The van der Waals surface area contributed by atoms with E-state index in [4.69, 9.17) is 0 Å². The summed E-state index contributed by atoms with van der Waals surface area (Å²) in [5.74, 6) is 0. The van der Waals surface area contributed by atoms with Gasteiger partial charge < -0.3 is 5.32 Å². The molecule has 1 aromatic carbocycles. The summed E-state index contributed by atoms with van der Waals surface area (Å²) in [6.45, 7) is 5.34. The Bertz CT molecular complexity index is 417. The van der Waals surface area contributed by atoms with E-state index in [-0.39, 0.29) is 0 Å². The summed E-state index contributed by atoms with van der Waals surface area (Å²) < 4.78 is 0.